The minimum Gasteiger partial charge on any atom is -0.314 e. The second-order valence-corrected chi connectivity index (χ2v) is 5.25. The summed E-state index contributed by atoms with van der Waals surface area (Å²) in [7, 11) is 0. The third-order valence-electron chi connectivity index (χ3n) is 3.65. The maximum Gasteiger partial charge on any atom is 0.00927 e. The molecule has 96 valence electrons. The first-order chi connectivity index (χ1) is 7.52. The molecule has 0 aromatic heterocycles. The van der Waals surface area contributed by atoms with Crippen molar-refractivity contribution < 1.29 is 0 Å². The van der Waals surface area contributed by atoms with Crippen LogP contribution < -0.4 is 5.32 Å². The van der Waals surface area contributed by atoms with E-state index in [9.17, 15) is 0 Å². The molecule has 16 heavy (non-hydrogen) atoms. The van der Waals surface area contributed by atoms with Crippen molar-refractivity contribution in [3.8, 4) is 0 Å². The Kier molecular flexibility index (Phi) is 8.64. The maximum absolute atomic E-state index is 4.04. The van der Waals surface area contributed by atoms with Crippen LogP contribution in [0.2, 0.25) is 0 Å². The lowest BCUT2D eigenvalue weighted by Gasteiger charge is -2.26. The summed E-state index contributed by atoms with van der Waals surface area (Å²) < 4.78 is 0. The first-order valence-electron chi connectivity index (χ1n) is 6.91. The molecule has 0 heterocycles. The van der Waals surface area contributed by atoms with Gasteiger partial charge in [0.2, 0.25) is 0 Å². The molecule has 1 N–H and O–H groups in total. The van der Waals surface area contributed by atoms with Crippen molar-refractivity contribution in [3.05, 3.63) is 12.2 Å². The molecule has 3 unspecified atom stereocenters. The Morgan fingerprint density at radius 1 is 1.12 bits per heavy atom. The van der Waals surface area contributed by atoms with Crippen molar-refractivity contribution in [2.24, 2.45) is 11.8 Å². The Balaban J connectivity index is 4.06. The van der Waals surface area contributed by atoms with Crippen molar-refractivity contribution in [2.45, 2.75) is 66.3 Å². The minimum atomic E-state index is 0.662. The van der Waals surface area contributed by atoms with Gasteiger partial charge < -0.3 is 5.32 Å². The van der Waals surface area contributed by atoms with Crippen molar-refractivity contribution >= 4 is 0 Å². The maximum atomic E-state index is 4.04. The Bertz CT molecular complexity index is 186. The van der Waals surface area contributed by atoms with Crippen LogP contribution in [-0.4, -0.2) is 12.6 Å². The fourth-order valence-corrected chi connectivity index (χ4v) is 2.18. The Morgan fingerprint density at radius 2 is 1.75 bits per heavy atom. The smallest absolute Gasteiger partial charge is 0.00927 e. The molecule has 1 heteroatoms. The standard InChI is InChI=1S/C15H31N/c1-7-9-14(6)15(16-8-2)11-10-13(5)12(3)4/h13-16H,3,7-11H2,1-2,4-6H3. The second kappa shape index (κ2) is 8.81. The summed E-state index contributed by atoms with van der Waals surface area (Å²) in [6, 6.07) is 0.687. The van der Waals surface area contributed by atoms with Crippen LogP contribution >= 0.6 is 0 Å². The summed E-state index contributed by atoms with van der Waals surface area (Å²) in [5, 5.41) is 3.63. The molecule has 0 saturated heterocycles. The van der Waals surface area contributed by atoms with Gasteiger partial charge in [0.1, 0.15) is 0 Å². The van der Waals surface area contributed by atoms with Gasteiger partial charge in [-0.3, -0.25) is 0 Å². The minimum absolute atomic E-state index is 0.662. The van der Waals surface area contributed by atoms with E-state index in [0.717, 1.165) is 12.5 Å². The van der Waals surface area contributed by atoms with Crippen molar-refractivity contribution in [1.29, 1.82) is 0 Å². The van der Waals surface area contributed by atoms with Crippen molar-refractivity contribution in [3.63, 3.8) is 0 Å². The highest BCUT2D eigenvalue weighted by Crippen LogP contribution is 2.20. The summed E-state index contributed by atoms with van der Waals surface area (Å²) in [5.41, 5.74) is 1.32. The lowest BCUT2D eigenvalue weighted by Crippen LogP contribution is -2.35. The van der Waals surface area contributed by atoms with Gasteiger partial charge in [0.05, 0.1) is 0 Å². The predicted molar refractivity (Wildman–Crippen MR) is 74.7 cm³/mol. The average Bonchev–Trinajstić information content (AvgIpc) is 2.23. The van der Waals surface area contributed by atoms with Gasteiger partial charge >= 0.3 is 0 Å². The third kappa shape index (κ3) is 6.32. The molecule has 1 nitrogen and oxygen atoms in total. The highest BCUT2D eigenvalue weighted by atomic mass is 14.9. The van der Waals surface area contributed by atoms with E-state index in [1.54, 1.807) is 0 Å². The average molecular weight is 225 g/mol. The number of hydrogen-bond acceptors (Lipinski definition) is 1. The van der Waals surface area contributed by atoms with Gasteiger partial charge in [-0.1, -0.05) is 46.3 Å². The topological polar surface area (TPSA) is 12.0 Å². The molecule has 0 spiro atoms. The van der Waals surface area contributed by atoms with Gasteiger partial charge in [-0.15, -0.1) is 0 Å². The molecule has 0 aromatic carbocycles. The summed E-state index contributed by atoms with van der Waals surface area (Å²) in [6.07, 6.45) is 5.17. The van der Waals surface area contributed by atoms with Crippen LogP contribution in [0.1, 0.15) is 60.3 Å². The molecule has 0 bridgehead atoms. The van der Waals surface area contributed by atoms with Gasteiger partial charge in [-0.05, 0) is 44.6 Å². The van der Waals surface area contributed by atoms with Crippen molar-refractivity contribution in [2.75, 3.05) is 6.54 Å². The van der Waals surface area contributed by atoms with Crippen LogP contribution in [0.25, 0.3) is 0 Å². The highest BCUT2D eigenvalue weighted by molar-refractivity contribution is 4.94. The van der Waals surface area contributed by atoms with Gasteiger partial charge in [0.15, 0.2) is 0 Å². The van der Waals surface area contributed by atoms with Crippen LogP contribution in [0.15, 0.2) is 12.2 Å². The molecule has 0 saturated carbocycles. The van der Waals surface area contributed by atoms with Crippen LogP contribution in [-0.2, 0) is 0 Å². The van der Waals surface area contributed by atoms with E-state index in [4.69, 9.17) is 0 Å². The van der Waals surface area contributed by atoms with Crippen molar-refractivity contribution in [1.82, 2.24) is 5.32 Å². The zero-order valence-electron chi connectivity index (χ0n) is 12.0. The molecule has 0 aliphatic carbocycles. The summed E-state index contributed by atoms with van der Waals surface area (Å²) >= 11 is 0. The Labute approximate surface area is 103 Å². The zero-order chi connectivity index (χ0) is 12.6. The number of rotatable bonds is 9. The zero-order valence-corrected chi connectivity index (χ0v) is 12.0. The van der Waals surface area contributed by atoms with E-state index < -0.39 is 0 Å². The lowest BCUT2D eigenvalue weighted by atomic mass is 9.89. The molecule has 3 atom stereocenters. The molecule has 0 amide bonds. The van der Waals surface area contributed by atoms with E-state index in [-0.39, 0.29) is 0 Å². The molecule has 0 radical (unpaired) electrons. The van der Waals surface area contributed by atoms with Gasteiger partial charge in [-0.25, -0.2) is 0 Å². The molecule has 0 aromatic rings. The summed E-state index contributed by atoms with van der Waals surface area (Å²) in [6.45, 7) is 16.4. The monoisotopic (exact) mass is 225 g/mol. The fourth-order valence-electron chi connectivity index (χ4n) is 2.18. The second-order valence-electron chi connectivity index (χ2n) is 5.25. The van der Waals surface area contributed by atoms with E-state index in [1.165, 1.54) is 31.3 Å². The van der Waals surface area contributed by atoms with E-state index in [0.29, 0.717) is 12.0 Å². The number of allylic oxidation sites excluding steroid dienone is 1. The first-order valence-corrected chi connectivity index (χ1v) is 6.91. The van der Waals surface area contributed by atoms with E-state index in [1.807, 2.05) is 0 Å². The predicted octanol–water partition coefficient (Wildman–Crippen LogP) is 4.39. The highest BCUT2D eigenvalue weighted by Gasteiger charge is 2.16. The van der Waals surface area contributed by atoms with E-state index in [2.05, 4.69) is 46.5 Å². The first kappa shape index (κ1) is 15.7. The van der Waals surface area contributed by atoms with Crippen LogP contribution in [0.4, 0.5) is 0 Å². The molecular weight excluding hydrogens is 194 g/mol. The van der Waals surface area contributed by atoms with Gasteiger partial charge in [0.25, 0.3) is 0 Å². The molecular formula is C15H31N. The number of hydrogen-bond donors (Lipinski definition) is 1. The molecule has 0 aliphatic heterocycles. The fraction of sp³-hybridized carbons (Fsp3) is 0.867. The quantitative estimate of drug-likeness (QED) is 0.574. The largest absolute Gasteiger partial charge is 0.314 e. The summed E-state index contributed by atoms with van der Waals surface area (Å²) in [4.78, 5) is 0. The third-order valence-corrected chi connectivity index (χ3v) is 3.65. The lowest BCUT2D eigenvalue weighted by molar-refractivity contribution is 0.325. The van der Waals surface area contributed by atoms with E-state index >= 15 is 0 Å². The number of nitrogens with one attached hydrogen (secondary N) is 1. The normalized spacial score (nSPS) is 16.8. The Hall–Kier alpha value is -0.300. The van der Waals surface area contributed by atoms with Crippen LogP contribution in [0.5, 0.6) is 0 Å². The van der Waals surface area contributed by atoms with Gasteiger partial charge in [0, 0.05) is 6.04 Å². The SMILES string of the molecule is C=C(C)C(C)CCC(NCC)C(C)CCC. The molecule has 0 fully saturated rings. The summed E-state index contributed by atoms with van der Waals surface area (Å²) in [5.74, 6) is 1.46. The molecule has 0 aliphatic rings. The molecule has 0 rings (SSSR count). The Morgan fingerprint density at radius 3 is 2.19 bits per heavy atom. The van der Waals surface area contributed by atoms with Crippen LogP contribution in [0, 0.1) is 11.8 Å². The van der Waals surface area contributed by atoms with Crippen LogP contribution in [0.3, 0.4) is 0 Å². The van der Waals surface area contributed by atoms with Gasteiger partial charge in [-0.2, -0.15) is 0 Å².